The highest BCUT2D eigenvalue weighted by molar-refractivity contribution is 5.91. The number of likely N-dealkylation sites (tertiary alicyclic amines) is 1. The van der Waals surface area contributed by atoms with Crippen LogP contribution in [0.25, 0.3) is 0 Å². The summed E-state index contributed by atoms with van der Waals surface area (Å²) >= 11 is 0. The number of rotatable bonds is 13. The summed E-state index contributed by atoms with van der Waals surface area (Å²) in [6.07, 6.45) is 4.33. The number of ether oxygens (including phenoxy) is 1. The van der Waals surface area contributed by atoms with Crippen molar-refractivity contribution in [3.05, 3.63) is 71.8 Å². The fourth-order valence-electron chi connectivity index (χ4n) is 5.07. The zero-order valence-corrected chi connectivity index (χ0v) is 25.4. The summed E-state index contributed by atoms with van der Waals surface area (Å²) in [7, 11) is 1.54. The van der Waals surface area contributed by atoms with E-state index in [9.17, 15) is 14.4 Å². The molecular weight excluding hydrogens is 516 g/mol. The van der Waals surface area contributed by atoms with E-state index in [1.165, 1.54) is 10.5 Å². The van der Waals surface area contributed by atoms with Gasteiger partial charge in [0.2, 0.25) is 11.8 Å². The van der Waals surface area contributed by atoms with Gasteiger partial charge in [-0.3, -0.25) is 14.5 Å². The fourth-order valence-corrected chi connectivity index (χ4v) is 5.07. The van der Waals surface area contributed by atoms with E-state index in [1.807, 2.05) is 41.3 Å². The third kappa shape index (κ3) is 10.5. The van der Waals surface area contributed by atoms with Crippen LogP contribution in [0.1, 0.15) is 64.5 Å². The number of nitrogens with zero attached hydrogens (tertiary/aromatic N) is 2. The average Bonchev–Trinajstić information content (AvgIpc) is 3.42. The highest BCUT2D eigenvalue weighted by Crippen LogP contribution is 2.22. The van der Waals surface area contributed by atoms with Crippen molar-refractivity contribution < 1.29 is 19.1 Å². The van der Waals surface area contributed by atoms with Crippen LogP contribution >= 0.6 is 0 Å². The highest BCUT2D eigenvalue weighted by atomic mass is 16.6. The predicted octanol–water partition coefficient (Wildman–Crippen LogP) is 4.57. The van der Waals surface area contributed by atoms with E-state index in [0.29, 0.717) is 19.4 Å². The minimum atomic E-state index is -0.792. The Hall–Kier alpha value is -3.39. The monoisotopic (exact) mass is 564 g/mol. The van der Waals surface area contributed by atoms with Crippen molar-refractivity contribution in [1.29, 1.82) is 0 Å². The molecule has 1 fully saturated rings. The van der Waals surface area contributed by atoms with Crippen LogP contribution < -0.4 is 10.6 Å². The third-order valence-corrected chi connectivity index (χ3v) is 7.57. The van der Waals surface area contributed by atoms with Crippen molar-refractivity contribution in [2.45, 2.75) is 89.9 Å². The lowest BCUT2D eigenvalue weighted by molar-refractivity contribution is -0.138. The van der Waals surface area contributed by atoms with Gasteiger partial charge in [-0.2, -0.15) is 0 Å². The molecule has 0 aromatic heterocycles. The zero-order chi connectivity index (χ0) is 29.8. The maximum Gasteiger partial charge on any atom is 0.410 e. The molecule has 0 saturated carbocycles. The molecule has 224 valence electrons. The molecule has 8 heteroatoms. The van der Waals surface area contributed by atoms with Gasteiger partial charge >= 0.3 is 6.09 Å². The Kier molecular flexibility index (Phi) is 12.2. The molecule has 1 heterocycles. The second-order valence-corrected chi connectivity index (χ2v) is 12.0. The van der Waals surface area contributed by atoms with E-state index in [0.717, 1.165) is 44.3 Å². The number of nitrogens with one attached hydrogen (secondary N) is 2. The Morgan fingerprint density at radius 2 is 1.59 bits per heavy atom. The summed E-state index contributed by atoms with van der Waals surface area (Å²) in [6, 6.07) is 19.1. The van der Waals surface area contributed by atoms with Gasteiger partial charge in [-0.1, -0.05) is 60.7 Å². The van der Waals surface area contributed by atoms with Crippen LogP contribution in [0.4, 0.5) is 4.79 Å². The zero-order valence-electron chi connectivity index (χ0n) is 25.4. The van der Waals surface area contributed by atoms with E-state index in [2.05, 4.69) is 34.9 Å². The largest absolute Gasteiger partial charge is 0.444 e. The van der Waals surface area contributed by atoms with Crippen molar-refractivity contribution in [3.8, 4) is 0 Å². The highest BCUT2D eigenvalue weighted by Gasteiger charge is 2.35. The first kappa shape index (κ1) is 32.1. The molecule has 1 aliphatic heterocycles. The smallest absolute Gasteiger partial charge is 0.410 e. The second kappa shape index (κ2) is 15.6. The minimum Gasteiger partial charge on any atom is -0.444 e. The molecule has 0 spiro atoms. The Morgan fingerprint density at radius 3 is 2.20 bits per heavy atom. The van der Waals surface area contributed by atoms with Crippen LogP contribution in [0.15, 0.2) is 60.7 Å². The van der Waals surface area contributed by atoms with Crippen LogP contribution in [-0.4, -0.2) is 78.1 Å². The van der Waals surface area contributed by atoms with Gasteiger partial charge in [0.15, 0.2) is 0 Å². The average molecular weight is 565 g/mol. The molecule has 3 amide bonds. The molecule has 0 unspecified atom stereocenters. The van der Waals surface area contributed by atoms with Crippen molar-refractivity contribution in [3.63, 3.8) is 0 Å². The van der Waals surface area contributed by atoms with Gasteiger partial charge in [0.1, 0.15) is 17.7 Å². The topological polar surface area (TPSA) is 91.0 Å². The molecule has 0 bridgehead atoms. The van der Waals surface area contributed by atoms with Crippen molar-refractivity contribution in [2.75, 3.05) is 26.7 Å². The maximum absolute atomic E-state index is 13.9. The molecule has 1 aliphatic rings. The van der Waals surface area contributed by atoms with Gasteiger partial charge in [0.05, 0.1) is 0 Å². The first-order valence-corrected chi connectivity index (χ1v) is 14.9. The summed E-state index contributed by atoms with van der Waals surface area (Å²) < 4.78 is 5.43. The van der Waals surface area contributed by atoms with E-state index in [1.54, 1.807) is 34.7 Å². The van der Waals surface area contributed by atoms with Gasteiger partial charge in [-0.15, -0.1) is 0 Å². The van der Waals surface area contributed by atoms with Crippen molar-refractivity contribution in [1.82, 2.24) is 20.4 Å². The molecular formula is C33H48N4O4. The van der Waals surface area contributed by atoms with Crippen LogP contribution in [-0.2, 0) is 27.2 Å². The molecule has 0 aliphatic carbocycles. The van der Waals surface area contributed by atoms with E-state index in [4.69, 9.17) is 4.74 Å². The number of aryl methyl sites for hydroxylation is 1. The number of hydrogen-bond acceptors (Lipinski definition) is 5. The van der Waals surface area contributed by atoms with Crippen LogP contribution in [0.2, 0.25) is 0 Å². The van der Waals surface area contributed by atoms with Gasteiger partial charge in [-0.25, -0.2) is 4.79 Å². The number of carbonyl (C=O) groups is 3. The van der Waals surface area contributed by atoms with E-state index in [-0.39, 0.29) is 17.9 Å². The molecule has 41 heavy (non-hydrogen) atoms. The molecule has 3 rings (SSSR count). The quantitative estimate of drug-likeness (QED) is 0.348. The fraction of sp³-hybridized carbons (Fsp3) is 0.545. The molecule has 2 N–H and O–H groups in total. The molecule has 2 aromatic rings. The van der Waals surface area contributed by atoms with E-state index >= 15 is 0 Å². The number of amides is 3. The molecule has 8 nitrogen and oxygen atoms in total. The number of hydrogen-bond donors (Lipinski definition) is 2. The Labute approximate surface area is 245 Å². The van der Waals surface area contributed by atoms with Gasteiger partial charge in [-0.05, 0) is 90.4 Å². The molecule has 1 saturated heterocycles. The SMILES string of the molecule is C[C@@H](C(=O)N[C@@H](CCc1ccccc1)C(=O)N1CCC[C@H]1CCNCCc1ccccc1)N(C)C(=O)OC(C)(C)C. The lowest BCUT2D eigenvalue weighted by Gasteiger charge is -2.32. The Balaban J connectivity index is 1.61. The summed E-state index contributed by atoms with van der Waals surface area (Å²) in [5.74, 6) is -0.420. The molecule has 2 aromatic carbocycles. The minimum absolute atomic E-state index is 0.0480. The maximum atomic E-state index is 13.9. The molecule has 3 atom stereocenters. The predicted molar refractivity (Wildman–Crippen MR) is 163 cm³/mol. The number of likely N-dealkylation sites (N-methyl/N-ethyl adjacent to an activating group) is 1. The van der Waals surface area contributed by atoms with Crippen LogP contribution in [0, 0.1) is 0 Å². The standard InChI is InChI=1S/C33H48N4O4/c1-25(36(5)32(40)41-33(2,3)4)30(38)35-29(19-18-26-13-8-6-9-14-26)31(39)37-24-12-17-28(37)21-23-34-22-20-27-15-10-7-11-16-27/h6-11,13-16,25,28-29,34H,12,17-24H2,1-5H3,(H,35,38)/t25-,28-,29-/m0/s1. The normalized spacial score (nSPS) is 16.6. The second-order valence-electron chi connectivity index (χ2n) is 12.0. The lowest BCUT2D eigenvalue weighted by atomic mass is 10.0. The first-order valence-electron chi connectivity index (χ1n) is 14.9. The first-order chi connectivity index (χ1) is 19.5. The van der Waals surface area contributed by atoms with Crippen LogP contribution in [0.3, 0.4) is 0 Å². The van der Waals surface area contributed by atoms with E-state index < -0.39 is 23.8 Å². The van der Waals surface area contributed by atoms with Gasteiger partial charge in [0, 0.05) is 19.6 Å². The summed E-state index contributed by atoms with van der Waals surface area (Å²) in [5, 5.41) is 6.51. The van der Waals surface area contributed by atoms with Crippen molar-refractivity contribution >= 4 is 17.9 Å². The van der Waals surface area contributed by atoms with Gasteiger partial charge in [0.25, 0.3) is 0 Å². The van der Waals surface area contributed by atoms with Crippen LogP contribution in [0.5, 0.6) is 0 Å². The number of carbonyl (C=O) groups excluding carboxylic acids is 3. The Bertz CT molecular complexity index is 1100. The molecule has 0 radical (unpaired) electrons. The lowest BCUT2D eigenvalue weighted by Crippen LogP contribution is -2.55. The number of benzene rings is 2. The Morgan fingerprint density at radius 1 is 0.976 bits per heavy atom. The summed E-state index contributed by atoms with van der Waals surface area (Å²) in [4.78, 5) is 43.0. The van der Waals surface area contributed by atoms with Crippen molar-refractivity contribution in [2.24, 2.45) is 0 Å². The summed E-state index contributed by atoms with van der Waals surface area (Å²) in [5.41, 5.74) is 1.75. The summed E-state index contributed by atoms with van der Waals surface area (Å²) in [6.45, 7) is 9.42. The van der Waals surface area contributed by atoms with Gasteiger partial charge < -0.3 is 20.3 Å². The third-order valence-electron chi connectivity index (χ3n) is 7.57.